The number of aromatic nitrogens is 2. The number of benzene rings is 3. The highest BCUT2D eigenvalue weighted by molar-refractivity contribution is 5.91. The van der Waals surface area contributed by atoms with E-state index in [1.807, 2.05) is 50.2 Å². The first-order valence-electron chi connectivity index (χ1n) is 9.60. The summed E-state index contributed by atoms with van der Waals surface area (Å²) in [5.74, 6) is 1.09. The smallest absolute Gasteiger partial charge is 0.275 e. The Bertz CT molecular complexity index is 1280. The maximum absolute atomic E-state index is 12.6. The lowest BCUT2D eigenvalue weighted by atomic mass is 10.1. The number of rotatable bonds is 5. The van der Waals surface area contributed by atoms with Crippen molar-refractivity contribution < 1.29 is 9.53 Å². The number of anilines is 1. The second-order valence-corrected chi connectivity index (χ2v) is 7.08. The third kappa shape index (κ3) is 4.22. The number of nitrogens with zero attached hydrogens (tertiary/aromatic N) is 2. The van der Waals surface area contributed by atoms with E-state index in [2.05, 4.69) is 10.4 Å². The minimum absolute atomic E-state index is 0.161. The monoisotopic (exact) mass is 399 g/mol. The topological polar surface area (TPSA) is 73.2 Å². The molecule has 0 aliphatic rings. The number of carbonyl (C=O) groups is 1. The number of aryl methyl sites for hydroxylation is 2. The summed E-state index contributed by atoms with van der Waals surface area (Å²) >= 11 is 0. The number of fused-ring (bicyclic) bond motifs is 1. The summed E-state index contributed by atoms with van der Waals surface area (Å²) in [5, 5.41) is 8.41. The Labute approximate surface area is 173 Å². The highest BCUT2D eigenvalue weighted by atomic mass is 16.5. The fraction of sp³-hybridized carbons (Fsp3) is 0.125. The van der Waals surface area contributed by atoms with Gasteiger partial charge in [0.15, 0.2) is 0 Å². The van der Waals surface area contributed by atoms with Crippen LogP contribution >= 0.6 is 0 Å². The van der Waals surface area contributed by atoms with Crippen LogP contribution in [0.4, 0.5) is 5.69 Å². The van der Waals surface area contributed by atoms with E-state index in [1.54, 1.807) is 36.4 Å². The molecule has 0 fully saturated rings. The summed E-state index contributed by atoms with van der Waals surface area (Å²) in [6.07, 6.45) is 0. The van der Waals surface area contributed by atoms with Gasteiger partial charge in [0, 0.05) is 11.1 Å². The molecule has 0 bridgehead atoms. The van der Waals surface area contributed by atoms with Gasteiger partial charge in [-0.25, -0.2) is 4.68 Å². The van der Waals surface area contributed by atoms with Crippen molar-refractivity contribution in [3.63, 3.8) is 0 Å². The Kier molecular flexibility index (Phi) is 5.30. The molecule has 6 nitrogen and oxygen atoms in total. The SMILES string of the molecule is Cc1cccc(Oc2ccc(NC(=O)Cn3nc(C)c4ccccc4c3=O)cc2)c1. The molecule has 0 saturated heterocycles. The highest BCUT2D eigenvalue weighted by Crippen LogP contribution is 2.23. The molecule has 1 heterocycles. The summed E-state index contributed by atoms with van der Waals surface area (Å²) < 4.78 is 7.01. The van der Waals surface area contributed by atoms with Gasteiger partial charge in [-0.3, -0.25) is 9.59 Å². The van der Waals surface area contributed by atoms with Crippen LogP contribution in [-0.4, -0.2) is 15.7 Å². The Morgan fingerprint density at radius 1 is 0.933 bits per heavy atom. The fourth-order valence-corrected chi connectivity index (χ4v) is 3.27. The number of amides is 1. The standard InChI is InChI=1S/C24H21N3O3/c1-16-6-5-7-20(14-16)30-19-12-10-18(11-13-19)25-23(28)15-27-24(29)22-9-4-3-8-21(22)17(2)26-27/h3-14H,15H2,1-2H3,(H,25,28). The highest BCUT2D eigenvalue weighted by Gasteiger charge is 2.11. The normalized spacial score (nSPS) is 10.7. The molecule has 0 unspecified atom stereocenters. The number of hydrogen-bond acceptors (Lipinski definition) is 4. The average Bonchev–Trinajstić information content (AvgIpc) is 2.73. The van der Waals surface area contributed by atoms with Crippen molar-refractivity contribution in [3.8, 4) is 11.5 Å². The molecule has 3 aromatic carbocycles. The van der Waals surface area contributed by atoms with Crippen molar-refractivity contribution in [2.24, 2.45) is 0 Å². The van der Waals surface area contributed by atoms with Gasteiger partial charge in [-0.15, -0.1) is 0 Å². The Hall–Kier alpha value is -3.93. The van der Waals surface area contributed by atoms with Gasteiger partial charge in [0.1, 0.15) is 18.0 Å². The van der Waals surface area contributed by atoms with E-state index in [4.69, 9.17) is 4.74 Å². The van der Waals surface area contributed by atoms with Crippen LogP contribution in [0.3, 0.4) is 0 Å². The maximum atomic E-state index is 12.6. The summed E-state index contributed by atoms with van der Waals surface area (Å²) in [4.78, 5) is 25.1. The molecule has 0 aliphatic heterocycles. The lowest BCUT2D eigenvalue weighted by Gasteiger charge is -2.10. The quantitative estimate of drug-likeness (QED) is 0.538. The third-order valence-corrected chi connectivity index (χ3v) is 4.71. The van der Waals surface area contributed by atoms with Crippen molar-refractivity contribution in [2.45, 2.75) is 20.4 Å². The summed E-state index contributed by atoms with van der Waals surface area (Å²) in [6, 6.07) is 22.1. The Morgan fingerprint density at radius 2 is 1.67 bits per heavy atom. The van der Waals surface area contributed by atoms with Crippen molar-refractivity contribution in [3.05, 3.63) is 94.4 Å². The summed E-state index contributed by atoms with van der Waals surface area (Å²) in [6.45, 7) is 3.66. The maximum Gasteiger partial charge on any atom is 0.275 e. The molecule has 0 spiro atoms. The molecule has 0 aliphatic carbocycles. The van der Waals surface area contributed by atoms with Crippen LogP contribution < -0.4 is 15.6 Å². The summed E-state index contributed by atoms with van der Waals surface area (Å²) in [7, 11) is 0. The van der Waals surface area contributed by atoms with Crippen LogP contribution in [0.25, 0.3) is 10.8 Å². The Morgan fingerprint density at radius 3 is 2.40 bits per heavy atom. The lowest BCUT2D eigenvalue weighted by Crippen LogP contribution is -2.30. The van der Waals surface area contributed by atoms with Crippen LogP contribution in [0.15, 0.2) is 77.6 Å². The van der Waals surface area contributed by atoms with Crippen molar-refractivity contribution >= 4 is 22.4 Å². The molecule has 1 aromatic heterocycles. The second-order valence-electron chi connectivity index (χ2n) is 7.08. The zero-order valence-electron chi connectivity index (χ0n) is 16.8. The molecule has 0 radical (unpaired) electrons. The first-order valence-corrected chi connectivity index (χ1v) is 9.60. The molecule has 0 atom stereocenters. The van der Waals surface area contributed by atoms with Crippen LogP contribution in [0.5, 0.6) is 11.5 Å². The van der Waals surface area contributed by atoms with Crippen LogP contribution in [0, 0.1) is 13.8 Å². The average molecular weight is 399 g/mol. The van der Waals surface area contributed by atoms with E-state index in [9.17, 15) is 9.59 Å². The van der Waals surface area contributed by atoms with Crippen molar-refractivity contribution in [1.82, 2.24) is 9.78 Å². The van der Waals surface area contributed by atoms with E-state index in [0.717, 1.165) is 16.7 Å². The van der Waals surface area contributed by atoms with Crippen LogP contribution in [-0.2, 0) is 11.3 Å². The first-order chi connectivity index (χ1) is 14.5. The third-order valence-electron chi connectivity index (χ3n) is 4.71. The van der Waals surface area contributed by atoms with Crippen molar-refractivity contribution in [1.29, 1.82) is 0 Å². The van der Waals surface area contributed by atoms with E-state index in [-0.39, 0.29) is 18.0 Å². The van der Waals surface area contributed by atoms with Crippen molar-refractivity contribution in [2.75, 3.05) is 5.32 Å². The van der Waals surface area contributed by atoms with E-state index < -0.39 is 0 Å². The largest absolute Gasteiger partial charge is 0.457 e. The predicted molar refractivity (Wildman–Crippen MR) is 117 cm³/mol. The molecule has 150 valence electrons. The minimum Gasteiger partial charge on any atom is -0.457 e. The molecule has 4 rings (SSSR count). The van der Waals surface area contributed by atoms with Gasteiger partial charge < -0.3 is 10.1 Å². The molecule has 4 aromatic rings. The lowest BCUT2D eigenvalue weighted by molar-refractivity contribution is -0.117. The number of ether oxygens (including phenoxy) is 1. The van der Waals surface area contributed by atoms with Gasteiger partial charge >= 0.3 is 0 Å². The van der Waals surface area contributed by atoms with Gasteiger partial charge in [-0.2, -0.15) is 5.10 Å². The fourth-order valence-electron chi connectivity index (χ4n) is 3.27. The minimum atomic E-state index is -0.327. The number of hydrogen-bond donors (Lipinski definition) is 1. The van der Waals surface area contributed by atoms with E-state index in [0.29, 0.717) is 22.5 Å². The molecular formula is C24H21N3O3. The van der Waals surface area contributed by atoms with Gasteiger partial charge in [-0.1, -0.05) is 30.3 Å². The van der Waals surface area contributed by atoms with Gasteiger partial charge in [0.2, 0.25) is 5.91 Å². The molecule has 30 heavy (non-hydrogen) atoms. The van der Waals surface area contributed by atoms with Crippen LogP contribution in [0.2, 0.25) is 0 Å². The number of nitrogens with one attached hydrogen (secondary N) is 1. The van der Waals surface area contributed by atoms with Gasteiger partial charge in [0.25, 0.3) is 5.56 Å². The Balaban J connectivity index is 1.45. The zero-order chi connectivity index (χ0) is 21.1. The predicted octanol–water partition coefficient (Wildman–Crippen LogP) is 4.44. The molecule has 6 heteroatoms. The summed E-state index contributed by atoms with van der Waals surface area (Å²) in [5.41, 5.74) is 2.15. The zero-order valence-corrected chi connectivity index (χ0v) is 16.8. The molecular weight excluding hydrogens is 378 g/mol. The van der Waals surface area contributed by atoms with Crippen LogP contribution in [0.1, 0.15) is 11.3 Å². The van der Waals surface area contributed by atoms with Gasteiger partial charge in [0.05, 0.1) is 11.1 Å². The second kappa shape index (κ2) is 8.21. The molecule has 1 amide bonds. The first kappa shape index (κ1) is 19.4. The number of carbonyl (C=O) groups excluding carboxylic acids is 1. The van der Waals surface area contributed by atoms with Gasteiger partial charge in [-0.05, 0) is 61.9 Å². The van der Waals surface area contributed by atoms with E-state index in [1.165, 1.54) is 4.68 Å². The van der Waals surface area contributed by atoms with E-state index >= 15 is 0 Å². The molecule has 0 saturated carbocycles. The molecule has 1 N–H and O–H groups in total.